The maximum absolute atomic E-state index is 11.2. The highest BCUT2D eigenvalue weighted by Crippen LogP contribution is 2.26. The summed E-state index contributed by atoms with van der Waals surface area (Å²) in [5, 5.41) is 11.5. The number of likely N-dealkylation sites (N-methyl/N-ethyl adjacent to an activating group) is 2. The number of carboxylic acid groups (broad SMARTS) is 1. The lowest BCUT2D eigenvalue weighted by molar-refractivity contribution is -0.119. The maximum atomic E-state index is 11.2. The van der Waals surface area contributed by atoms with Crippen LogP contribution in [-0.4, -0.2) is 37.6 Å². The minimum atomic E-state index is -1.07. The summed E-state index contributed by atoms with van der Waals surface area (Å²) in [5.41, 5.74) is 6.50. The Morgan fingerprint density at radius 3 is 2.65 bits per heavy atom. The van der Waals surface area contributed by atoms with Gasteiger partial charge in [-0.15, -0.1) is 0 Å². The van der Waals surface area contributed by atoms with Crippen LogP contribution in [0.25, 0.3) is 0 Å². The van der Waals surface area contributed by atoms with Gasteiger partial charge in [-0.05, 0) is 12.1 Å². The zero-order valence-electron chi connectivity index (χ0n) is 9.73. The van der Waals surface area contributed by atoms with E-state index in [2.05, 4.69) is 5.32 Å². The van der Waals surface area contributed by atoms with Crippen molar-refractivity contribution in [3.63, 3.8) is 0 Å². The molecule has 0 saturated carbocycles. The number of amides is 1. The highest BCUT2D eigenvalue weighted by Gasteiger charge is 2.17. The van der Waals surface area contributed by atoms with E-state index >= 15 is 0 Å². The molecule has 92 valence electrons. The first-order valence-electron chi connectivity index (χ1n) is 5.01. The Kier molecular flexibility index (Phi) is 3.92. The Bertz CT molecular complexity index is 446. The first-order valence-corrected chi connectivity index (χ1v) is 5.01. The van der Waals surface area contributed by atoms with Crippen LogP contribution in [0.2, 0.25) is 0 Å². The summed E-state index contributed by atoms with van der Waals surface area (Å²) in [4.78, 5) is 23.8. The van der Waals surface area contributed by atoms with Crippen LogP contribution in [0.3, 0.4) is 0 Å². The van der Waals surface area contributed by atoms with Crippen molar-refractivity contribution in [3.05, 3.63) is 23.8 Å². The van der Waals surface area contributed by atoms with Gasteiger partial charge in [-0.1, -0.05) is 6.07 Å². The minimum Gasteiger partial charge on any atom is -0.478 e. The molecule has 0 bridgehead atoms. The molecule has 0 aromatic heterocycles. The zero-order valence-corrected chi connectivity index (χ0v) is 9.73. The number of aromatic carboxylic acids is 1. The number of rotatable bonds is 4. The van der Waals surface area contributed by atoms with Crippen molar-refractivity contribution in [1.29, 1.82) is 0 Å². The van der Waals surface area contributed by atoms with Crippen molar-refractivity contribution >= 4 is 23.3 Å². The van der Waals surface area contributed by atoms with Gasteiger partial charge in [0.05, 0.1) is 23.5 Å². The van der Waals surface area contributed by atoms with Crippen molar-refractivity contribution in [2.24, 2.45) is 0 Å². The molecule has 0 unspecified atom stereocenters. The molecule has 1 rings (SSSR count). The van der Waals surface area contributed by atoms with E-state index in [-0.39, 0.29) is 18.0 Å². The number of benzene rings is 1. The first kappa shape index (κ1) is 12.8. The predicted molar refractivity (Wildman–Crippen MR) is 65.2 cm³/mol. The molecule has 6 nitrogen and oxygen atoms in total. The van der Waals surface area contributed by atoms with Gasteiger partial charge in [0, 0.05) is 14.1 Å². The highest BCUT2D eigenvalue weighted by atomic mass is 16.4. The summed E-state index contributed by atoms with van der Waals surface area (Å²) >= 11 is 0. The van der Waals surface area contributed by atoms with Crippen LogP contribution in [0.5, 0.6) is 0 Å². The number of anilines is 2. The van der Waals surface area contributed by atoms with E-state index in [4.69, 9.17) is 10.8 Å². The quantitative estimate of drug-likeness (QED) is 0.648. The molecule has 0 aliphatic carbocycles. The molecule has 17 heavy (non-hydrogen) atoms. The van der Waals surface area contributed by atoms with Crippen LogP contribution in [0, 0.1) is 0 Å². The normalized spacial score (nSPS) is 9.76. The molecule has 0 radical (unpaired) electrons. The lowest BCUT2D eigenvalue weighted by Crippen LogP contribution is -2.34. The van der Waals surface area contributed by atoms with Gasteiger partial charge in [-0.3, -0.25) is 4.79 Å². The molecule has 0 aliphatic rings. The molecule has 1 aromatic carbocycles. The number of carboxylic acids is 1. The Hall–Kier alpha value is -2.24. The number of nitrogens with one attached hydrogen (secondary N) is 1. The minimum absolute atomic E-state index is 0.0466. The largest absolute Gasteiger partial charge is 0.478 e. The molecule has 0 atom stereocenters. The fourth-order valence-electron chi connectivity index (χ4n) is 1.53. The van der Waals surface area contributed by atoms with Gasteiger partial charge in [-0.2, -0.15) is 0 Å². The third kappa shape index (κ3) is 2.87. The molecule has 6 heteroatoms. The topological polar surface area (TPSA) is 95.7 Å². The molecule has 0 fully saturated rings. The Balaban J connectivity index is 3.11. The number of nitrogen functional groups attached to an aromatic ring is 1. The fourth-order valence-corrected chi connectivity index (χ4v) is 1.53. The average Bonchev–Trinajstić information content (AvgIpc) is 2.28. The van der Waals surface area contributed by atoms with Gasteiger partial charge in [0.1, 0.15) is 0 Å². The van der Waals surface area contributed by atoms with E-state index in [1.165, 1.54) is 18.0 Å². The summed E-state index contributed by atoms with van der Waals surface area (Å²) in [7, 11) is 3.13. The molecule has 0 aliphatic heterocycles. The van der Waals surface area contributed by atoms with E-state index in [0.717, 1.165) is 0 Å². The van der Waals surface area contributed by atoms with Gasteiger partial charge in [-0.25, -0.2) is 4.79 Å². The number of carbonyl (C=O) groups is 2. The van der Waals surface area contributed by atoms with Gasteiger partial charge in [0.25, 0.3) is 0 Å². The third-order valence-corrected chi connectivity index (χ3v) is 2.34. The van der Waals surface area contributed by atoms with Crippen LogP contribution >= 0.6 is 0 Å². The molecular weight excluding hydrogens is 222 g/mol. The van der Waals surface area contributed by atoms with E-state index < -0.39 is 5.97 Å². The number of nitrogens with zero attached hydrogens (tertiary/aromatic N) is 1. The second-order valence-electron chi connectivity index (χ2n) is 3.58. The molecule has 4 N–H and O–H groups in total. The monoisotopic (exact) mass is 237 g/mol. The summed E-state index contributed by atoms with van der Waals surface area (Å²) in [5.74, 6) is -1.29. The summed E-state index contributed by atoms with van der Waals surface area (Å²) in [6.45, 7) is 0.0466. The van der Waals surface area contributed by atoms with Crippen molar-refractivity contribution in [2.75, 3.05) is 31.3 Å². The van der Waals surface area contributed by atoms with E-state index in [9.17, 15) is 9.59 Å². The Labute approximate surface area is 99.0 Å². The van der Waals surface area contributed by atoms with Crippen molar-refractivity contribution in [1.82, 2.24) is 5.32 Å². The average molecular weight is 237 g/mol. The number of hydrogen-bond acceptors (Lipinski definition) is 4. The second-order valence-corrected chi connectivity index (χ2v) is 3.58. The van der Waals surface area contributed by atoms with Crippen LogP contribution < -0.4 is 16.0 Å². The van der Waals surface area contributed by atoms with Crippen molar-refractivity contribution in [2.45, 2.75) is 0 Å². The zero-order chi connectivity index (χ0) is 13.0. The number of carbonyl (C=O) groups excluding carboxylic acids is 1. The summed E-state index contributed by atoms with van der Waals surface area (Å²) in [6, 6.07) is 4.62. The molecule has 0 saturated heterocycles. The van der Waals surface area contributed by atoms with E-state index in [1.807, 2.05) is 0 Å². The van der Waals surface area contributed by atoms with Crippen LogP contribution in [0.4, 0.5) is 11.4 Å². The van der Waals surface area contributed by atoms with Crippen LogP contribution in [0.1, 0.15) is 10.4 Å². The predicted octanol–water partition coefficient (Wildman–Crippen LogP) is 0.149. The number of para-hydroxylation sites is 1. The SMILES string of the molecule is CNC(=O)CN(C)c1c(N)cccc1C(=O)O. The lowest BCUT2D eigenvalue weighted by atomic mass is 10.1. The van der Waals surface area contributed by atoms with Crippen molar-refractivity contribution < 1.29 is 14.7 Å². The molecular formula is C11H15N3O3. The van der Waals surface area contributed by atoms with Gasteiger partial charge >= 0.3 is 5.97 Å². The third-order valence-electron chi connectivity index (χ3n) is 2.34. The van der Waals surface area contributed by atoms with Gasteiger partial charge in [0.2, 0.25) is 5.91 Å². The Morgan fingerprint density at radius 1 is 1.47 bits per heavy atom. The second kappa shape index (κ2) is 5.20. The maximum Gasteiger partial charge on any atom is 0.337 e. The highest BCUT2D eigenvalue weighted by molar-refractivity contribution is 5.98. The lowest BCUT2D eigenvalue weighted by Gasteiger charge is -2.21. The van der Waals surface area contributed by atoms with Crippen molar-refractivity contribution in [3.8, 4) is 0 Å². The van der Waals surface area contributed by atoms with Gasteiger partial charge in [0.15, 0.2) is 0 Å². The Morgan fingerprint density at radius 2 is 2.12 bits per heavy atom. The van der Waals surface area contributed by atoms with Crippen LogP contribution in [0.15, 0.2) is 18.2 Å². The first-order chi connectivity index (χ1) is 7.97. The number of hydrogen-bond donors (Lipinski definition) is 3. The van der Waals surface area contributed by atoms with Crippen LogP contribution in [-0.2, 0) is 4.79 Å². The molecule has 1 aromatic rings. The summed E-state index contributed by atoms with van der Waals surface area (Å²) < 4.78 is 0. The smallest absolute Gasteiger partial charge is 0.337 e. The van der Waals surface area contributed by atoms with Gasteiger partial charge < -0.3 is 21.1 Å². The molecule has 0 spiro atoms. The molecule has 1 amide bonds. The summed E-state index contributed by atoms with van der Waals surface area (Å²) in [6.07, 6.45) is 0. The standard InChI is InChI=1S/C11H15N3O3/c1-13-9(15)6-14(2)10-7(11(16)17)4-3-5-8(10)12/h3-5H,6,12H2,1-2H3,(H,13,15)(H,16,17). The van der Waals surface area contributed by atoms with E-state index in [1.54, 1.807) is 19.2 Å². The molecule has 0 heterocycles. The fraction of sp³-hybridized carbons (Fsp3) is 0.273. The van der Waals surface area contributed by atoms with E-state index in [0.29, 0.717) is 11.4 Å². The number of nitrogens with two attached hydrogens (primary N) is 1.